The van der Waals surface area contributed by atoms with Crippen molar-refractivity contribution in [2.75, 3.05) is 6.61 Å². The zero-order valence-corrected chi connectivity index (χ0v) is 34.9. The van der Waals surface area contributed by atoms with Crippen molar-refractivity contribution < 1.29 is 64.2 Å². The highest BCUT2D eigenvalue weighted by atomic mass is 31.2. The van der Waals surface area contributed by atoms with Crippen LogP contribution in [0.5, 0.6) is 0 Å². The van der Waals surface area contributed by atoms with Gasteiger partial charge in [0.25, 0.3) is 0 Å². The van der Waals surface area contributed by atoms with Crippen molar-refractivity contribution in [3.05, 3.63) is 0 Å². The SMILES string of the molecule is CCCCCCCCCCCCCCC(O)C(=O)N[C@@H](COP(=O)(O)OC1C(O)C(O)C(O)[C@@H](O)C1O)[C@H](O)[C@H](O)CCCCCCCCCCCCCC. The molecule has 0 spiro atoms. The summed E-state index contributed by atoms with van der Waals surface area (Å²) in [5.41, 5.74) is 0. The summed E-state index contributed by atoms with van der Waals surface area (Å²) in [7, 11) is -5.22. The molecule has 0 aromatic heterocycles. The van der Waals surface area contributed by atoms with Gasteiger partial charge in [0, 0.05) is 0 Å². The molecule has 1 amide bonds. The number of nitrogens with one attached hydrogen (secondary N) is 1. The maximum Gasteiger partial charge on any atom is 0.472 e. The number of aliphatic hydroxyl groups excluding tert-OH is 8. The van der Waals surface area contributed by atoms with Gasteiger partial charge in [-0.05, 0) is 12.8 Å². The average Bonchev–Trinajstić information content (AvgIpc) is 3.16. The summed E-state index contributed by atoms with van der Waals surface area (Å²) in [6.45, 7) is 3.53. The van der Waals surface area contributed by atoms with Crippen molar-refractivity contribution in [3.63, 3.8) is 0 Å². The second kappa shape index (κ2) is 31.2. The van der Waals surface area contributed by atoms with E-state index in [1.165, 1.54) is 89.9 Å². The molecule has 7 unspecified atom stereocenters. The zero-order valence-electron chi connectivity index (χ0n) is 34.0. The molecule has 0 saturated heterocycles. The summed E-state index contributed by atoms with van der Waals surface area (Å²) < 4.78 is 22.7. The molecular weight excluding hydrogens is 733 g/mol. The molecule has 0 bridgehead atoms. The highest BCUT2D eigenvalue weighted by molar-refractivity contribution is 7.47. The molecular formula is C40H80NO13P. The van der Waals surface area contributed by atoms with Crippen LogP contribution in [0.3, 0.4) is 0 Å². The predicted molar refractivity (Wildman–Crippen MR) is 212 cm³/mol. The van der Waals surface area contributed by atoms with E-state index in [-0.39, 0.29) is 12.8 Å². The van der Waals surface area contributed by atoms with Crippen molar-refractivity contribution in [2.45, 2.75) is 242 Å². The van der Waals surface area contributed by atoms with Crippen LogP contribution in [-0.4, -0.2) is 119 Å². The first-order valence-corrected chi connectivity index (χ1v) is 23.2. The van der Waals surface area contributed by atoms with Crippen LogP contribution in [0.4, 0.5) is 0 Å². The van der Waals surface area contributed by atoms with Gasteiger partial charge in [0.05, 0.1) is 18.8 Å². The predicted octanol–water partition coefficient (Wildman–Crippen LogP) is 5.06. The van der Waals surface area contributed by atoms with Crippen molar-refractivity contribution >= 4 is 13.7 Å². The lowest BCUT2D eigenvalue weighted by Crippen LogP contribution is -2.64. The van der Waals surface area contributed by atoms with Gasteiger partial charge in [-0.2, -0.15) is 0 Å². The minimum atomic E-state index is -5.22. The topological polar surface area (TPSA) is 247 Å². The van der Waals surface area contributed by atoms with Crippen LogP contribution in [0.15, 0.2) is 0 Å². The van der Waals surface area contributed by atoms with Crippen LogP contribution < -0.4 is 5.32 Å². The second-order valence-electron chi connectivity index (χ2n) is 15.8. The van der Waals surface area contributed by atoms with Gasteiger partial charge in [-0.15, -0.1) is 0 Å². The van der Waals surface area contributed by atoms with Gasteiger partial charge >= 0.3 is 7.82 Å². The summed E-state index contributed by atoms with van der Waals surface area (Å²) in [6.07, 6.45) is 10.6. The molecule has 0 radical (unpaired) electrons. The molecule has 1 saturated carbocycles. The molecule has 14 nitrogen and oxygen atoms in total. The third kappa shape index (κ3) is 22.8. The minimum Gasteiger partial charge on any atom is -0.390 e. The van der Waals surface area contributed by atoms with Gasteiger partial charge in [0.2, 0.25) is 5.91 Å². The molecule has 10 N–H and O–H groups in total. The van der Waals surface area contributed by atoms with Crippen molar-refractivity contribution in [1.29, 1.82) is 0 Å². The van der Waals surface area contributed by atoms with E-state index in [1.54, 1.807) is 0 Å². The van der Waals surface area contributed by atoms with E-state index in [0.717, 1.165) is 51.4 Å². The average molecular weight is 814 g/mol. The highest BCUT2D eigenvalue weighted by Crippen LogP contribution is 2.47. The molecule has 55 heavy (non-hydrogen) atoms. The quantitative estimate of drug-likeness (QED) is 0.0298. The molecule has 0 aromatic carbocycles. The van der Waals surface area contributed by atoms with Crippen LogP contribution in [0.25, 0.3) is 0 Å². The summed E-state index contributed by atoms with van der Waals surface area (Å²) in [5, 5.41) is 85.1. The summed E-state index contributed by atoms with van der Waals surface area (Å²) >= 11 is 0. The molecule has 1 rings (SSSR count). The van der Waals surface area contributed by atoms with Crippen LogP contribution >= 0.6 is 7.82 Å². The lowest BCUT2D eigenvalue weighted by atomic mass is 9.85. The fraction of sp³-hybridized carbons (Fsp3) is 0.975. The molecule has 11 atom stereocenters. The van der Waals surface area contributed by atoms with Crippen molar-refractivity contribution in [1.82, 2.24) is 5.32 Å². The number of hydrogen-bond donors (Lipinski definition) is 10. The van der Waals surface area contributed by atoms with E-state index in [0.29, 0.717) is 12.8 Å². The Morgan fingerprint density at radius 1 is 0.564 bits per heavy atom. The molecule has 0 aromatic rings. The Morgan fingerprint density at radius 2 is 0.909 bits per heavy atom. The highest BCUT2D eigenvalue weighted by Gasteiger charge is 2.51. The Kier molecular flexibility index (Phi) is 29.7. The number of aliphatic hydroxyl groups is 8. The fourth-order valence-corrected chi connectivity index (χ4v) is 8.09. The molecule has 0 heterocycles. The van der Waals surface area contributed by atoms with E-state index in [1.807, 2.05) is 0 Å². The molecule has 0 aliphatic heterocycles. The van der Waals surface area contributed by atoms with Crippen LogP contribution in [0, 0.1) is 0 Å². The smallest absolute Gasteiger partial charge is 0.390 e. The first-order valence-electron chi connectivity index (χ1n) is 21.7. The van der Waals surface area contributed by atoms with Gasteiger partial charge in [0.1, 0.15) is 48.8 Å². The van der Waals surface area contributed by atoms with Crippen LogP contribution in [0.2, 0.25) is 0 Å². The Morgan fingerprint density at radius 3 is 1.31 bits per heavy atom. The Hall–Kier alpha value is -0.740. The van der Waals surface area contributed by atoms with Crippen LogP contribution in [0.1, 0.15) is 181 Å². The molecule has 1 fully saturated rings. The Bertz CT molecular complexity index is 981. The number of hydrogen-bond acceptors (Lipinski definition) is 12. The summed E-state index contributed by atoms with van der Waals surface area (Å²) in [4.78, 5) is 23.4. The van der Waals surface area contributed by atoms with Gasteiger partial charge in [-0.25, -0.2) is 4.57 Å². The van der Waals surface area contributed by atoms with Gasteiger partial charge < -0.3 is 51.1 Å². The Labute approximate surface area is 331 Å². The maximum atomic E-state index is 13.0. The zero-order chi connectivity index (χ0) is 41.1. The van der Waals surface area contributed by atoms with E-state index in [9.17, 15) is 55.1 Å². The van der Waals surface area contributed by atoms with E-state index < -0.39 is 81.3 Å². The first kappa shape index (κ1) is 52.3. The van der Waals surface area contributed by atoms with Gasteiger partial charge in [0.15, 0.2) is 0 Å². The van der Waals surface area contributed by atoms with Gasteiger partial charge in [-0.3, -0.25) is 13.8 Å². The van der Waals surface area contributed by atoms with E-state index in [4.69, 9.17) is 9.05 Å². The third-order valence-electron chi connectivity index (χ3n) is 10.9. The molecule has 15 heteroatoms. The molecule has 1 aliphatic carbocycles. The van der Waals surface area contributed by atoms with E-state index >= 15 is 0 Å². The summed E-state index contributed by atoms with van der Waals surface area (Å²) in [6, 6.07) is -1.47. The lowest BCUT2D eigenvalue weighted by molar-refractivity contribution is -0.220. The maximum absolute atomic E-state index is 13.0. The summed E-state index contributed by atoms with van der Waals surface area (Å²) in [5.74, 6) is -0.861. The lowest BCUT2D eigenvalue weighted by Gasteiger charge is -2.41. The van der Waals surface area contributed by atoms with Crippen molar-refractivity contribution in [2.24, 2.45) is 0 Å². The van der Waals surface area contributed by atoms with Crippen molar-refractivity contribution in [3.8, 4) is 0 Å². The first-order chi connectivity index (χ1) is 26.3. The second-order valence-corrected chi connectivity index (χ2v) is 17.2. The monoisotopic (exact) mass is 814 g/mol. The number of phosphoric acid groups is 1. The number of amides is 1. The number of unbranched alkanes of at least 4 members (excludes halogenated alkanes) is 22. The number of carbonyl (C=O) groups excluding carboxylic acids is 1. The third-order valence-corrected chi connectivity index (χ3v) is 11.9. The van der Waals surface area contributed by atoms with Gasteiger partial charge in [-0.1, -0.05) is 168 Å². The minimum absolute atomic E-state index is 0.157. The molecule has 328 valence electrons. The Balaban J connectivity index is 2.66. The number of phosphoric ester groups is 1. The standard InChI is InChI=1S/C40H80NO13P/c1-3-5-7-9-11-13-15-17-19-21-23-25-27-31(42)33(44)30(29-53-55(51,52)54-39-37(48)35(46)34(45)36(47)38(39)49)41-40(50)32(43)28-26-24-22-20-18-16-14-12-10-8-6-4-2/h30-39,42-49H,3-29H2,1-2H3,(H,41,50)(H,51,52)/t30-,31+,32?,33-,34?,35+,36?,37?,38?,39?/m0/s1. The molecule has 1 aliphatic rings. The number of rotatable bonds is 35. The van der Waals surface area contributed by atoms with Crippen LogP contribution in [-0.2, 0) is 18.4 Å². The largest absolute Gasteiger partial charge is 0.472 e. The normalized spacial score (nSPS) is 24.9. The number of carbonyl (C=O) groups is 1. The van der Waals surface area contributed by atoms with E-state index in [2.05, 4.69) is 19.2 Å². The fourth-order valence-electron chi connectivity index (χ4n) is 7.13.